The Labute approximate surface area is 125 Å². The van der Waals surface area contributed by atoms with Gasteiger partial charge >= 0.3 is 5.97 Å². The van der Waals surface area contributed by atoms with Crippen molar-refractivity contribution in [1.29, 1.82) is 0 Å². The van der Waals surface area contributed by atoms with Crippen LogP contribution in [0.25, 0.3) is 0 Å². The molecule has 2 amide bonds. The molecule has 6 nitrogen and oxygen atoms in total. The molecule has 0 bridgehead atoms. The molecule has 0 atom stereocenters. The van der Waals surface area contributed by atoms with Gasteiger partial charge in [-0.1, -0.05) is 29.3 Å². The molecule has 0 aliphatic heterocycles. The Balaban J connectivity index is 2.90. The fourth-order valence-corrected chi connectivity index (χ4v) is 2.08. The van der Waals surface area contributed by atoms with E-state index in [0.717, 1.165) is 4.90 Å². The monoisotopic (exact) mass is 318 g/mol. The third-order valence-electron chi connectivity index (χ3n) is 2.42. The van der Waals surface area contributed by atoms with E-state index in [0.29, 0.717) is 15.6 Å². The number of nitrogens with two attached hydrogens (primary N) is 1. The number of carbonyl (C=O) groups excluding carboxylic acids is 2. The molecule has 0 unspecified atom stereocenters. The Morgan fingerprint density at radius 2 is 1.70 bits per heavy atom. The van der Waals surface area contributed by atoms with Crippen LogP contribution in [0.4, 0.5) is 0 Å². The van der Waals surface area contributed by atoms with Crippen molar-refractivity contribution in [2.45, 2.75) is 6.42 Å². The molecule has 0 aromatic heterocycles. The van der Waals surface area contributed by atoms with Crippen LogP contribution >= 0.6 is 23.2 Å². The van der Waals surface area contributed by atoms with Crippen LogP contribution in [0.15, 0.2) is 18.2 Å². The third-order valence-corrected chi connectivity index (χ3v) is 3.12. The molecule has 108 valence electrons. The van der Waals surface area contributed by atoms with E-state index >= 15 is 0 Å². The van der Waals surface area contributed by atoms with Crippen LogP contribution in [0.5, 0.6) is 0 Å². The number of benzene rings is 1. The third kappa shape index (κ3) is 4.71. The number of carbonyl (C=O) groups is 3. The van der Waals surface area contributed by atoms with Crippen LogP contribution in [0.1, 0.15) is 5.56 Å². The molecule has 8 heteroatoms. The summed E-state index contributed by atoms with van der Waals surface area (Å²) in [4.78, 5) is 34.4. The zero-order valence-electron chi connectivity index (χ0n) is 10.3. The molecule has 0 fully saturated rings. The number of rotatable bonds is 6. The van der Waals surface area contributed by atoms with Crippen molar-refractivity contribution in [3.63, 3.8) is 0 Å². The highest BCUT2D eigenvalue weighted by molar-refractivity contribution is 6.36. The highest BCUT2D eigenvalue weighted by Gasteiger charge is 2.21. The lowest BCUT2D eigenvalue weighted by Gasteiger charge is -2.19. The van der Waals surface area contributed by atoms with Crippen molar-refractivity contribution in [1.82, 2.24) is 4.90 Å². The van der Waals surface area contributed by atoms with Gasteiger partial charge in [0.1, 0.15) is 6.54 Å². The van der Waals surface area contributed by atoms with Gasteiger partial charge < -0.3 is 15.7 Å². The minimum atomic E-state index is -1.25. The Kier molecular flexibility index (Phi) is 5.79. The maximum atomic E-state index is 12.0. The largest absolute Gasteiger partial charge is 0.480 e. The van der Waals surface area contributed by atoms with Gasteiger partial charge in [-0.25, -0.2) is 0 Å². The van der Waals surface area contributed by atoms with Crippen molar-refractivity contribution in [2.75, 3.05) is 13.1 Å². The zero-order chi connectivity index (χ0) is 15.3. The van der Waals surface area contributed by atoms with E-state index in [4.69, 9.17) is 34.0 Å². The summed E-state index contributed by atoms with van der Waals surface area (Å²) in [5.74, 6) is -2.64. The molecule has 1 rings (SSSR count). The van der Waals surface area contributed by atoms with Crippen molar-refractivity contribution < 1.29 is 19.5 Å². The molecule has 0 saturated heterocycles. The summed E-state index contributed by atoms with van der Waals surface area (Å²) in [7, 11) is 0. The summed E-state index contributed by atoms with van der Waals surface area (Å²) >= 11 is 11.9. The fraction of sp³-hybridized carbons (Fsp3) is 0.250. The van der Waals surface area contributed by atoms with Crippen LogP contribution in [0, 0.1) is 0 Å². The lowest BCUT2D eigenvalue weighted by atomic mass is 10.1. The highest BCUT2D eigenvalue weighted by atomic mass is 35.5. The van der Waals surface area contributed by atoms with Gasteiger partial charge in [0.15, 0.2) is 0 Å². The van der Waals surface area contributed by atoms with E-state index < -0.39 is 30.9 Å². The van der Waals surface area contributed by atoms with Crippen LogP contribution in [0.2, 0.25) is 10.0 Å². The second-order valence-electron chi connectivity index (χ2n) is 3.99. The first-order chi connectivity index (χ1) is 9.31. The van der Waals surface area contributed by atoms with E-state index in [9.17, 15) is 14.4 Å². The molecule has 0 saturated carbocycles. The lowest BCUT2D eigenvalue weighted by Crippen LogP contribution is -2.42. The van der Waals surface area contributed by atoms with Crippen molar-refractivity contribution in [3.05, 3.63) is 33.8 Å². The van der Waals surface area contributed by atoms with Crippen LogP contribution in [-0.4, -0.2) is 40.9 Å². The predicted octanol–water partition coefficient (Wildman–Crippen LogP) is 0.934. The minimum Gasteiger partial charge on any atom is -0.480 e. The molecule has 0 aliphatic carbocycles. The number of nitrogens with zero attached hydrogens (tertiary/aromatic N) is 1. The van der Waals surface area contributed by atoms with Gasteiger partial charge in [0.2, 0.25) is 11.8 Å². The molecule has 1 aromatic rings. The first kappa shape index (κ1) is 16.3. The molecule has 3 N–H and O–H groups in total. The average Bonchev–Trinajstić information content (AvgIpc) is 2.31. The first-order valence-electron chi connectivity index (χ1n) is 5.52. The van der Waals surface area contributed by atoms with E-state index in [-0.39, 0.29) is 6.42 Å². The second-order valence-corrected chi connectivity index (χ2v) is 4.80. The van der Waals surface area contributed by atoms with E-state index in [2.05, 4.69) is 0 Å². The maximum Gasteiger partial charge on any atom is 0.323 e. The Bertz CT molecular complexity index is 512. The average molecular weight is 319 g/mol. The van der Waals surface area contributed by atoms with Crippen molar-refractivity contribution in [2.24, 2.45) is 5.73 Å². The summed E-state index contributed by atoms with van der Waals surface area (Å²) < 4.78 is 0. The molecule has 0 heterocycles. The van der Waals surface area contributed by atoms with Crippen molar-refractivity contribution >= 4 is 41.0 Å². The summed E-state index contributed by atoms with van der Waals surface area (Å²) in [5, 5.41) is 9.31. The minimum absolute atomic E-state index is 0.209. The summed E-state index contributed by atoms with van der Waals surface area (Å²) in [5.41, 5.74) is 5.36. The number of amides is 2. The quantitative estimate of drug-likeness (QED) is 0.814. The van der Waals surface area contributed by atoms with Crippen molar-refractivity contribution in [3.8, 4) is 0 Å². The summed E-state index contributed by atoms with van der Waals surface area (Å²) in [6.07, 6.45) is -0.209. The predicted molar refractivity (Wildman–Crippen MR) is 73.6 cm³/mol. The first-order valence-corrected chi connectivity index (χ1v) is 6.27. The molecular weight excluding hydrogens is 307 g/mol. The number of hydrogen-bond acceptors (Lipinski definition) is 3. The number of carboxylic acid groups (broad SMARTS) is 1. The Hall–Kier alpha value is -1.79. The van der Waals surface area contributed by atoms with Gasteiger partial charge in [-0.2, -0.15) is 0 Å². The highest BCUT2D eigenvalue weighted by Crippen LogP contribution is 2.25. The standard InChI is InChI=1S/C12H12Cl2N2O4/c13-8-2-1-3-9(14)7(8)4-11(18)16(5-10(15)17)6-12(19)20/h1-3H,4-6H2,(H2,15,17)(H,19,20). The molecule has 1 aromatic carbocycles. The number of primary amides is 1. The number of aliphatic carboxylic acids is 1. The zero-order valence-corrected chi connectivity index (χ0v) is 11.8. The van der Waals surface area contributed by atoms with Gasteiger partial charge in [-0.3, -0.25) is 14.4 Å². The van der Waals surface area contributed by atoms with Gasteiger partial charge in [-0.05, 0) is 17.7 Å². The van der Waals surface area contributed by atoms with Crippen LogP contribution in [-0.2, 0) is 20.8 Å². The number of carboxylic acids is 1. The van der Waals surface area contributed by atoms with Gasteiger partial charge in [0.05, 0.1) is 13.0 Å². The molecule has 0 spiro atoms. The van der Waals surface area contributed by atoms with Crippen LogP contribution < -0.4 is 5.73 Å². The topological polar surface area (TPSA) is 101 Å². The van der Waals surface area contributed by atoms with E-state index in [1.807, 2.05) is 0 Å². The van der Waals surface area contributed by atoms with Crippen LogP contribution in [0.3, 0.4) is 0 Å². The normalized spacial score (nSPS) is 10.1. The Morgan fingerprint density at radius 1 is 1.15 bits per heavy atom. The van der Waals surface area contributed by atoms with Gasteiger partial charge in [-0.15, -0.1) is 0 Å². The molecule has 0 radical (unpaired) electrons. The summed E-state index contributed by atoms with van der Waals surface area (Å²) in [6, 6.07) is 4.74. The fourth-order valence-electron chi connectivity index (χ4n) is 1.55. The molecular formula is C12H12Cl2N2O4. The summed E-state index contributed by atoms with van der Waals surface area (Å²) in [6.45, 7) is -1.10. The smallest absolute Gasteiger partial charge is 0.323 e. The number of hydrogen-bond donors (Lipinski definition) is 2. The van der Waals surface area contributed by atoms with Gasteiger partial charge in [0, 0.05) is 10.0 Å². The number of halogens is 2. The molecule has 0 aliphatic rings. The SMILES string of the molecule is NC(=O)CN(CC(=O)O)C(=O)Cc1c(Cl)cccc1Cl. The second kappa shape index (κ2) is 7.12. The Morgan fingerprint density at radius 3 is 2.15 bits per heavy atom. The van der Waals surface area contributed by atoms with E-state index in [1.165, 1.54) is 0 Å². The lowest BCUT2D eigenvalue weighted by molar-refractivity contribution is -0.145. The van der Waals surface area contributed by atoms with E-state index in [1.54, 1.807) is 18.2 Å². The maximum absolute atomic E-state index is 12.0. The van der Waals surface area contributed by atoms with Gasteiger partial charge in [0.25, 0.3) is 0 Å². The molecule has 20 heavy (non-hydrogen) atoms.